The van der Waals surface area contributed by atoms with Gasteiger partial charge >= 0.3 is 0 Å². The molecule has 1 aromatic carbocycles. The van der Waals surface area contributed by atoms with Crippen molar-refractivity contribution in [1.29, 1.82) is 0 Å². The fourth-order valence-electron chi connectivity index (χ4n) is 1.24. The Labute approximate surface area is 75.1 Å². The molecule has 1 aliphatic rings. The molecule has 1 aromatic rings. The number of hydrogen-bond acceptors (Lipinski definition) is 4. The van der Waals surface area contributed by atoms with Gasteiger partial charge in [-0.15, -0.1) is 0 Å². The summed E-state index contributed by atoms with van der Waals surface area (Å²) in [6, 6.07) is 7.20. The third-order valence-electron chi connectivity index (χ3n) is 1.90. The summed E-state index contributed by atoms with van der Waals surface area (Å²) < 4.78 is 5.17. The third-order valence-corrected chi connectivity index (χ3v) is 1.90. The summed E-state index contributed by atoms with van der Waals surface area (Å²) in [5.41, 5.74) is 0.819. The van der Waals surface area contributed by atoms with Gasteiger partial charge in [-0.25, -0.2) is 0 Å². The van der Waals surface area contributed by atoms with Crippen LogP contribution in [-0.2, 0) is 4.79 Å². The summed E-state index contributed by atoms with van der Waals surface area (Å²) in [5, 5.41) is 13.4. The molecule has 0 aliphatic carbocycles. The normalized spacial score (nSPS) is 19.5. The van der Waals surface area contributed by atoms with Gasteiger partial charge in [-0.3, -0.25) is 0 Å². The first kappa shape index (κ1) is 7.91. The Hall–Kier alpha value is -1.71. The van der Waals surface area contributed by atoms with E-state index in [9.17, 15) is 9.90 Å². The van der Waals surface area contributed by atoms with Crippen molar-refractivity contribution in [2.45, 2.75) is 6.10 Å². The molecule has 4 nitrogen and oxygen atoms in total. The van der Waals surface area contributed by atoms with Gasteiger partial charge in [-0.2, -0.15) is 0 Å². The number of para-hydroxylation sites is 2. The molecule has 68 valence electrons. The van der Waals surface area contributed by atoms with Gasteiger partial charge in [0.15, 0.2) is 6.10 Å². The van der Waals surface area contributed by atoms with E-state index in [0.29, 0.717) is 5.75 Å². The van der Waals surface area contributed by atoms with Crippen molar-refractivity contribution in [3.8, 4) is 5.75 Å². The lowest BCUT2D eigenvalue weighted by molar-refractivity contribution is -0.313. The quantitative estimate of drug-likeness (QED) is 0.636. The number of anilines is 1. The van der Waals surface area contributed by atoms with Crippen LogP contribution in [0.25, 0.3) is 0 Å². The first-order valence-electron chi connectivity index (χ1n) is 3.98. The Morgan fingerprint density at radius 1 is 1.54 bits per heavy atom. The van der Waals surface area contributed by atoms with Crippen molar-refractivity contribution < 1.29 is 14.6 Å². The summed E-state index contributed by atoms with van der Waals surface area (Å²) in [4.78, 5) is 10.5. The summed E-state index contributed by atoms with van der Waals surface area (Å²) >= 11 is 0. The Morgan fingerprint density at radius 3 is 3.08 bits per heavy atom. The van der Waals surface area contributed by atoms with Gasteiger partial charge in [0.05, 0.1) is 18.2 Å². The number of rotatable bonds is 1. The molecular weight excluding hydrogens is 170 g/mol. The second kappa shape index (κ2) is 2.97. The van der Waals surface area contributed by atoms with Crippen molar-refractivity contribution in [2.75, 3.05) is 11.9 Å². The summed E-state index contributed by atoms with van der Waals surface area (Å²) in [6.07, 6.45) is -0.894. The van der Waals surface area contributed by atoms with Crippen molar-refractivity contribution in [1.82, 2.24) is 0 Å². The van der Waals surface area contributed by atoms with Gasteiger partial charge in [0.25, 0.3) is 0 Å². The smallest absolute Gasteiger partial charge is 0.155 e. The number of ether oxygens (including phenoxy) is 1. The maximum absolute atomic E-state index is 10.5. The van der Waals surface area contributed by atoms with Crippen LogP contribution in [0.1, 0.15) is 0 Å². The number of carbonyl (C=O) groups is 1. The Bertz CT molecular complexity index is 337. The number of nitrogens with one attached hydrogen (secondary N) is 1. The highest BCUT2D eigenvalue weighted by Crippen LogP contribution is 2.27. The van der Waals surface area contributed by atoms with Crippen molar-refractivity contribution >= 4 is 11.7 Å². The average Bonchev–Trinajstić information content (AvgIpc) is 2.17. The molecule has 0 saturated carbocycles. The predicted molar refractivity (Wildman–Crippen MR) is 44.4 cm³/mol. The molecule has 0 amide bonds. The van der Waals surface area contributed by atoms with E-state index in [-0.39, 0.29) is 6.54 Å². The SMILES string of the molecule is O=C([O-])[C@@H]1CNc2ccccc2O1. The lowest BCUT2D eigenvalue weighted by Gasteiger charge is -2.27. The van der Waals surface area contributed by atoms with Crippen LogP contribution in [0.2, 0.25) is 0 Å². The van der Waals surface area contributed by atoms with Gasteiger partial charge in [0, 0.05) is 0 Å². The molecule has 1 aliphatic heterocycles. The molecule has 0 fully saturated rings. The highest BCUT2D eigenvalue weighted by Gasteiger charge is 2.18. The van der Waals surface area contributed by atoms with E-state index in [4.69, 9.17) is 4.74 Å². The number of aliphatic carboxylic acids is 1. The maximum Gasteiger partial charge on any atom is 0.155 e. The van der Waals surface area contributed by atoms with Crippen LogP contribution >= 0.6 is 0 Å². The van der Waals surface area contributed by atoms with Crippen molar-refractivity contribution in [3.63, 3.8) is 0 Å². The van der Waals surface area contributed by atoms with Gasteiger partial charge in [0.2, 0.25) is 0 Å². The molecule has 1 heterocycles. The Balaban J connectivity index is 2.24. The number of carboxylic acids is 1. The minimum Gasteiger partial charge on any atom is -0.546 e. The number of fused-ring (bicyclic) bond motifs is 1. The molecule has 1 N–H and O–H groups in total. The summed E-state index contributed by atoms with van der Waals surface area (Å²) in [5.74, 6) is -0.634. The lowest BCUT2D eigenvalue weighted by atomic mass is 10.2. The van der Waals surface area contributed by atoms with Crippen LogP contribution in [0.15, 0.2) is 24.3 Å². The zero-order chi connectivity index (χ0) is 9.26. The standard InChI is InChI=1S/C9H9NO3/c11-9(12)8-5-10-6-3-1-2-4-7(6)13-8/h1-4,8,10H,5H2,(H,11,12)/p-1/t8-/m0/s1. The molecule has 4 heteroatoms. The van der Waals surface area contributed by atoms with Crippen molar-refractivity contribution in [3.05, 3.63) is 24.3 Å². The molecule has 0 bridgehead atoms. The number of carboxylic acid groups (broad SMARTS) is 1. The second-order valence-electron chi connectivity index (χ2n) is 2.80. The molecule has 0 spiro atoms. The molecule has 0 saturated heterocycles. The van der Waals surface area contributed by atoms with Crippen LogP contribution in [0.3, 0.4) is 0 Å². The monoisotopic (exact) mass is 178 g/mol. The highest BCUT2D eigenvalue weighted by atomic mass is 16.5. The highest BCUT2D eigenvalue weighted by molar-refractivity contribution is 5.73. The number of carbonyl (C=O) groups excluding carboxylic acids is 1. The van der Waals surface area contributed by atoms with E-state index >= 15 is 0 Å². The van der Waals surface area contributed by atoms with E-state index in [1.165, 1.54) is 0 Å². The van der Waals surface area contributed by atoms with E-state index < -0.39 is 12.1 Å². The van der Waals surface area contributed by atoms with Crippen LogP contribution in [0.4, 0.5) is 5.69 Å². The predicted octanol–water partition coefficient (Wildman–Crippen LogP) is -0.391. The van der Waals surface area contributed by atoms with Gasteiger partial charge in [-0.05, 0) is 12.1 Å². The molecule has 13 heavy (non-hydrogen) atoms. The molecule has 0 aromatic heterocycles. The number of benzene rings is 1. The Kier molecular flexibility index (Phi) is 1.81. The van der Waals surface area contributed by atoms with Gasteiger partial charge in [-0.1, -0.05) is 12.1 Å². The zero-order valence-corrected chi connectivity index (χ0v) is 6.82. The summed E-state index contributed by atoms with van der Waals surface area (Å²) in [7, 11) is 0. The molecule has 2 rings (SSSR count). The molecule has 0 radical (unpaired) electrons. The second-order valence-corrected chi connectivity index (χ2v) is 2.80. The largest absolute Gasteiger partial charge is 0.546 e. The zero-order valence-electron chi connectivity index (χ0n) is 6.82. The van der Waals surface area contributed by atoms with E-state index in [2.05, 4.69) is 5.32 Å². The van der Waals surface area contributed by atoms with Gasteiger partial charge < -0.3 is 20.0 Å². The van der Waals surface area contributed by atoms with E-state index in [1.807, 2.05) is 12.1 Å². The van der Waals surface area contributed by atoms with Gasteiger partial charge in [0.1, 0.15) is 5.75 Å². The lowest BCUT2D eigenvalue weighted by Crippen LogP contribution is -2.45. The first-order chi connectivity index (χ1) is 6.27. The third kappa shape index (κ3) is 1.42. The number of hydrogen-bond donors (Lipinski definition) is 1. The van der Waals surface area contributed by atoms with Crippen LogP contribution < -0.4 is 15.2 Å². The van der Waals surface area contributed by atoms with Crippen LogP contribution in [0, 0.1) is 0 Å². The molecule has 1 atom stereocenters. The minimum absolute atomic E-state index is 0.249. The Morgan fingerprint density at radius 2 is 2.31 bits per heavy atom. The topological polar surface area (TPSA) is 61.4 Å². The van der Waals surface area contributed by atoms with E-state index in [1.54, 1.807) is 12.1 Å². The fourth-order valence-corrected chi connectivity index (χ4v) is 1.24. The minimum atomic E-state index is -1.19. The van der Waals surface area contributed by atoms with E-state index in [0.717, 1.165) is 5.69 Å². The summed E-state index contributed by atoms with van der Waals surface area (Å²) in [6.45, 7) is 0.249. The molecule has 0 unspecified atom stereocenters. The molecular formula is C9H8NO3-. The van der Waals surface area contributed by atoms with Crippen molar-refractivity contribution in [2.24, 2.45) is 0 Å². The van der Waals surface area contributed by atoms with Crippen LogP contribution in [-0.4, -0.2) is 18.6 Å². The fraction of sp³-hybridized carbons (Fsp3) is 0.222. The van der Waals surface area contributed by atoms with Crippen LogP contribution in [0.5, 0.6) is 5.75 Å². The first-order valence-corrected chi connectivity index (χ1v) is 3.98. The maximum atomic E-state index is 10.5. The average molecular weight is 178 g/mol.